The summed E-state index contributed by atoms with van der Waals surface area (Å²) in [5.74, 6) is -0.0330. The molecule has 6 heteroatoms. The average molecular weight is 293 g/mol. The molecule has 0 saturated heterocycles. The number of rotatable bonds is 2. The molecule has 0 aliphatic heterocycles. The second-order valence-electron chi connectivity index (χ2n) is 3.26. The van der Waals surface area contributed by atoms with Crippen LogP contribution in [0, 0.1) is 0 Å². The van der Waals surface area contributed by atoms with Crippen LogP contribution in [0.4, 0.5) is 11.6 Å². The van der Waals surface area contributed by atoms with Crippen LogP contribution in [-0.4, -0.2) is 15.9 Å². The third-order valence-corrected chi connectivity index (χ3v) is 2.77. The highest BCUT2D eigenvalue weighted by Gasteiger charge is 2.08. The van der Waals surface area contributed by atoms with Gasteiger partial charge in [-0.2, -0.15) is 0 Å². The highest BCUT2D eigenvalue weighted by Crippen LogP contribution is 2.20. The van der Waals surface area contributed by atoms with Gasteiger partial charge in [0.25, 0.3) is 5.91 Å². The van der Waals surface area contributed by atoms with Crippen LogP contribution >= 0.6 is 15.9 Å². The van der Waals surface area contributed by atoms with Crippen molar-refractivity contribution in [2.45, 2.75) is 0 Å². The maximum Gasteiger partial charge on any atom is 0.258 e. The number of aromatic nitrogens is 2. The van der Waals surface area contributed by atoms with E-state index < -0.39 is 0 Å². The Labute approximate surface area is 106 Å². The van der Waals surface area contributed by atoms with Crippen LogP contribution in [0.15, 0.2) is 41.1 Å². The first-order valence-electron chi connectivity index (χ1n) is 4.80. The number of anilines is 2. The minimum atomic E-state index is -0.296. The molecule has 0 bridgehead atoms. The largest absolute Gasteiger partial charge is 0.398 e. The third kappa shape index (κ3) is 2.79. The molecule has 0 atom stereocenters. The molecule has 1 aromatic heterocycles. The maximum absolute atomic E-state index is 11.8. The van der Waals surface area contributed by atoms with Gasteiger partial charge >= 0.3 is 0 Å². The molecule has 1 amide bonds. The molecule has 0 unspecified atom stereocenters. The highest BCUT2D eigenvalue weighted by molar-refractivity contribution is 9.10. The van der Waals surface area contributed by atoms with E-state index in [1.807, 2.05) is 0 Å². The fourth-order valence-electron chi connectivity index (χ4n) is 1.22. The molecule has 0 saturated carbocycles. The van der Waals surface area contributed by atoms with Gasteiger partial charge in [-0.25, -0.2) is 9.97 Å². The molecule has 0 aliphatic carbocycles. The second-order valence-corrected chi connectivity index (χ2v) is 4.12. The van der Waals surface area contributed by atoms with Crippen molar-refractivity contribution in [3.05, 3.63) is 46.7 Å². The number of nitrogens with zero attached hydrogens (tertiary/aromatic N) is 2. The van der Waals surface area contributed by atoms with Gasteiger partial charge in [0, 0.05) is 28.1 Å². The predicted molar refractivity (Wildman–Crippen MR) is 68.5 cm³/mol. The molecule has 3 N–H and O–H groups in total. The minimum Gasteiger partial charge on any atom is -0.398 e. The van der Waals surface area contributed by atoms with Crippen molar-refractivity contribution < 1.29 is 4.79 Å². The lowest BCUT2D eigenvalue weighted by Gasteiger charge is -2.04. The zero-order valence-electron chi connectivity index (χ0n) is 8.72. The molecule has 0 spiro atoms. The van der Waals surface area contributed by atoms with E-state index in [1.54, 1.807) is 36.7 Å². The van der Waals surface area contributed by atoms with Crippen LogP contribution in [0.3, 0.4) is 0 Å². The molecule has 0 fully saturated rings. The van der Waals surface area contributed by atoms with Gasteiger partial charge in [-0.3, -0.25) is 10.1 Å². The van der Waals surface area contributed by atoms with Gasteiger partial charge < -0.3 is 5.73 Å². The van der Waals surface area contributed by atoms with Crippen LogP contribution in [0.25, 0.3) is 0 Å². The molecule has 2 aromatic rings. The van der Waals surface area contributed by atoms with E-state index in [0.717, 1.165) is 4.47 Å². The minimum absolute atomic E-state index is 0.263. The molecule has 5 nitrogen and oxygen atoms in total. The SMILES string of the molecule is Nc1cc(C(=O)Nc2ncccn2)ccc1Br. The van der Waals surface area contributed by atoms with Crippen molar-refractivity contribution in [1.82, 2.24) is 9.97 Å². The van der Waals surface area contributed by atoms with Crippen molar-refractivity contribution in [1.29, 1.82) is 0 Å². The van der Waals surface area contributed by atoms with Crippen LogP contribution in [-0.2, 0) is 0 Å². The van der Waals surface area contributed by atoms with E-state index >= 15 is 0 Å². The quantitative estimate of drug-likeness (QED) is 0.831. The fraction of sp³-hybridized carbons (Fsp3) is 0. The Morgan fingerprint density at radius 3 is 2.65 bits per heavy atom. The third-order valence-electron chi connectivity index (χ3n) is 2.05. The molecule has 0 radical (unpaired) electrons. The first-order valence-corrected chi connectivity index (χ1v) is 5.59. The Kier molecular flexibility index (Phi) is 3.34. The summed E-state index contributed by atoms with van der Waals surface area (Å²) in [5.41, 5.74) is 6.66. The van der Waals surface area contributed by atoms with Gasteiger partial charge in [-0.05, 0) is 40.2 Å². The highest BCUT2D eigenvalue weighted by atomic mass is 79.9. The number of carbonyl (C=O) groups excluding carboxylic acids is 1. The molecule has 1 heterocycles. The van der Waals surface area contributed by atoms with E-state index in [4.69, 9.17) is 5.73 Å². The van der Waals surface area contributed by atoms with E-state index in [9.17, 15) is 4.79 Å². The first kappa shape index (κ1) is 11.5. The number of hydrogen-bond acceptors (Lipinski definition) is 4. The normalized spacial score (nSPS) is 9.94. The predicted octanol–water partition coefficient (Wildman–Crippen LogP) is 2.07. The topological polar surface area (TPSA) is 80.9 Å². The van der Waals surface area contributed by atoms with E-state index in [-0.39, 0.29) is 11.9 Å². The summed E-state index contributed by atoms with van der Waals surface area (Å²) in [7, 11) is 0. The van der Waals surface area contributed by atoms with Crippen molar-refractivity contribution in [2.24, 2.45) is 0 Å². The smallest absolute Gasteiger partial charge is 0.258 e. The van der Waals surface area contributed by atoms with Gasteiger partial charge in [-0.15, -0.1) is 0 Å². The molecular formula is C11H9BrN4O. The summed E-state index contributed by atoms with van der Waals surface area (Å²) in [5, 5.41) is 2.57. The Bertz CT molecular complexity index is 544. The zero-order chi connectivity index (χ0) is 12.3. The lowest BCUT2D eigenvalue weighted by molar-refractivity contribution is 0.102. The standard InChI is InChI=1S/C11H9BrN4O/c12-8-3-2-7(6-9(8)13)10(17)16-11-14-4-1-5-15-11/h1-6H,13H2,(H,14,15,16,17). The number of amides is 1. The molecule has 1 aromatic carbocycles. The maximum atomic E-state index is 11.8. The molecular weight excluding hydrogens is 284 g/mol. The van der Waals surface area contributed by atoms with Gasteiger partial charge in [0.1, 0.15) is 0 Å². The summed E-state index contributed by atoms with van der Waals surface area (Å²) < 4.78 is 0.755. The van der Waals surface area contributed by atoms with Crippen LogP contribution in [0.2, 0.25) is 0 Å². The molecule has 86 valence electrons. The number of halogens is 1. The summed E-state index contributed by atoms with van der Waals surface area (Å²) >= 11 is 3.26. The number of benzene rings is 1. The second kappa shape index (κ2) is 4.92. The number of nitrogens with one attached hydrogen (secondary N) is 1. The van der Waals surface area contributed by atoms with E-state index in [1.165, 1.54) is 0 Å². The molecule has 17 heavy (non-hydrogen) atoms. The van der Waals surface area contributed by atoms with Crippen LogP contribution in [0.5, 0.6) is 0 Å². The number of hydrogen-bond donors (Lipinski definition) is 2. The number of carbonyl (C=O) groups is 1. The Balaban J connectivity index is 2.18. The van der Waals surface area contributed by atoms with Crippen molar-refractivity contribution in [2.75, 3.05) is 11.1 Å². The zero-order valence-corrected chi connectivity index (χ0v) is 10.3. The van der Waals surface area contributed by atoms with Gasteiger partial charge in [0.05, 0.1) is 0 Å². The average Bonchev–Trinajstić information content (AvgIpc) is 2.34. The summed E-state index contributed by atoms with van der Waals surface area (Å²) in [6.45, 7) is 0. The van der Waals surface area contributed by atoms with Crippen LogP contribution in [0.1, 0.15) is 10.4 Å². The fourth-order valence-corrected chi connectivity index (χ4v) is 1.47. The summed E-state index contributed by atoms with van der Waals surface area (Å²) in [6, 6.07) is 6.64. The lowest BCUT2D eigenvalue weighted by atomic mass is 10.2. The van der Waals surface area contributed by atoms with Crippen molar-refractivity contribution in [3.8, 4) is 0 Å². The molecule has 0 aliphatic rings. The summed E-state index contributed by atoms with van der Waals surface area (Å²) in [6.07, 6.45) is 3.11. The van der Waals surface area contributed by atoms with Crippen molar-refractivity contribution in [3.63, 3.8) is 0 Å². The number of nitrogen functional groups attached to an aromatic ring is 1. The first-order chi connectivity index (χ1) is 8.16. The monoisotopic (exact) mass is 292 g/mol. The lowest BCUT2D eigenvalue weighted by Crippen LogP contribution is -2.14. The Hall–Kier alpha value is -1.95. The van der Waals surface area contributed by atoms with Gasteiger partial charge in [0.2, 0.25) is 5.95 Å². The molecule has 2 rings (SSSR count). The van der Waals surface area contributed by atoms with Gasteiger partial charge in [-0.1, -0.05) is 0 Å². The summed E-state index contributed by atoms with van der Waals surface area (Å²) in [4.78, 5) is 19.6. The van der Waals surface area contributed by atoms with E-state index in [0.29, 0.717) is 11.3 Å². The Morgan fingerprint density at radius 2 is 2.00 bits per heavy atom. The van der Waals surface area contributed by atoms with Gasteiger partial charge in [0.15, 0.2) is 0 Å². The van der Waals surface area contributed by atoms with Crippen LogP contribution < -0.4 is 11.1 Å². The number of nitrogens with two attached hydrogens (primary N) is 1. The van der Waals surface area contributed by atoms with E-state index in [2.05, 4.69) is 31.2 Å². The Morgan fingerprint density at radius 1 is 1.29 bits per heavy atom. The van der Waals surface area contributed by atoms with Crippen molar-refractivity contribution >= 4 is 33.5 Å².